The average molecular weight is 340 g/mol. The van der Waals surface area contributed by atoms with E-state index < -0.39 is 11.9 Å². The van der Waals surface area contributed by atoms with Gasteiger partial charge in [-0.1, -0.05) is 0 Å². The fraction of sp³-hybridized carbons (Fsp3) is 0.625. The summed E-state index contributed by atoms with van der Waals surface area (Å²) >= 11 is 0. The molecule has 1 heterocycles. The van der Waals surface area contributed by atoms with Gasteiger partial charge in [-0.05, 0) is 33.6 Å². The standard InChI is InChI=1S/C16H24N2O6/c1-4-22-14(19)9-7-8-10-18-13(16(21)24-6-3)11-12(17-18)15(20)23-5-2/h11H,4-10H2,1-3H3. The Balaban J connectivity index is 2.73. The van der Waals surface area contributed by atoms with Crippen molar-refractivity contribution in [3.63, 3.8) is 0 Å². The third-order valence-corrected chi connectivity index (χ3v) is 3.06. The normalized spacial score (nSPS) is 10.3. The molecule has 0 saturated carbocycles. The van der Waals surface area contributed by atoms with Gasteiger partial charge in [0.2, 0.25) is 0 Å². The monoisotopic (exact) mass is 340 g/mol. The van der Waals surface area contributed by atoms with E-state index in [4.69, 9.17) is 14.2 Å². The van der Waals surface area contributed by atoms with E-state index in [1.54, 1.807) is 20.8 Å². The molecule has 24 heavy (non-hydrogen) atoms. The summed E-state index contributed by atoms with van der Waals surface area (Å²) in [6.07, 6.45) is 1.50. The zero-order valence-corrected chi connectivity index (χ0v) is 14.4. The number of hydrogen-bond acceptors (Lipinski definition) is 7. The summed E-state index contributed by atoms with van der Waals surface area (Å²) in [6.45, 7) is 6.33. The number of aromatic nitrogens is 2. The molecule has 0 amide bonds. The lowest BCUT2D eigenvalue weighted by Crippen LogP contribution is -2.14. The van der Waals surface area contributed by atoms with Crippen LogP contribution in [0.2, 0.25) is 0 Å². The molecule has 0 aromatic carbocycles. The quantitative estimate of drug-likeness (QED) is 0.365. The van der Waals surface area contributed by atoms with Crippen molar-refractivity contribution in [3.05, 3.63) is 17.5 Å². The molecular weight excluding hydrogens is 316 g/mol. The molecular formula is C16H24N2O6. The lowest BCUT2D eigenvalue weighted by Gasteiger charge is -2.06. The molecule has 0 aliphatic rings. The van der Waals surface area contributed by atoms with E-state index in [0.717, 1.165) is 0 Å². The predicted molar refractivity (Wildman–Crippen MR) is 84.6 cm³/mol. The molecule has 0 unspecified atom stereocenters. The van der Waals surface area contributed by atoms with Crippen molar-refractivity contribution in [1.29, 1.82) is 0 Å². The first-order valence-corrected chi connectivity index (χ1v) is 8.11. The van der Waals surface area contributed by atoms with Gasteiger partial charge in [-0.3, -0.25) is 9.48 Å². The van der Waals surface area contributed by atoms with Crippen LogP contribution in [0.4, 0.5) is 0 Å². The molecule has 1 rings (SSSR count). The van der Waals surface area contributed by atoms with Crippen molar-refractivity contribution in [2.75, 3.05) is 19.8 Å². The van der Waals surface area contributed by atoms with Gasteiger partial charge in [0.25, 0.3) is 0 Å². The third kappa shape index (κ3) is 6.02. The van der Waals surface area contributed by atoms with Crippen LogP contribution in [0.5, 0.6) is 0 Å². The van der Waals surface area contributed by atoms with Crippen molar-refractivity contribution in [1.82, 2.24) is 9.78 Å². The minimum Gasteiger partial charge on any atom is -0.466 e. The molecule has 0 atom stereocenters. The third-order valence-electron chi connectivity index (χ3n) is 3.06. The van der Waals surface area contributed by atoms with Gasteiger partial charge in [0.1, 0.15) is 5.69 Å². The molecule has 0 bridgehead atoms. The zero-order chi connectivity index (χ0) is 17.9. The molecule has 1 aromatic rings. The number of rotatable bonds is 10. The van der Waals surface area contributed by atoms with Gasteiger partial charge < -0.3 is 14.2 Å². The smallest absolute Gasteiger partial charge is 0.358 e. The van der Waals surface area contributed by atoms with E-state index in [2.05, 4.69) is 5.10 Å². The molecule has 0 radical (unpaired) electrons. The lowest BCUT2D eigenvalue weighted by molar-refractivity contribution is -0.143. The fourth-order valence-electron chi connectivity index (χ4n) is 2.03. The van der Waals surface area contributed by atoms with Crippen molar-refractivity contribution < 1.29 is 28.6 Å². The average Bonchev–Trinajstić information content (AvgIpc) is 2.97. The van der Waals surface area contributed by atoms with E-state index in [1.165, 1.54) is 10.7 Å². The summed E-state index contributed by atoms with van der Waals surface area (Å²) in [6, 6.07) is 1.36. The van der Waals surface area contributed by atoms with E-state index in [1.807, 2.05) is 0 Å². The van der Waals surface area contributed by atoms with Gasteiger partial charge in [0.05, 0.1) is 19.8 Å². The van der Waals surface area contributed by atoms with E-state index in [-0.39, 0.29) is 30.6 Å². The Morgan fingerprint density at radius 2 is 1.58 bits per heavy atom. The van der Waals surface area contributed by atoms with Gasteiger partial charge in [-0.2, -0.15) is 5.10 Å². The Bertz CT molecular complexity index is 567. The molecule has 8 nitrogen and oxygen atoms in total. The van der Waals surface area contributed by atoms with Gasteiger partial charge in [-0.15, -0.1) is 0 Å². The number of nitrogens with zero attached hydrogens (tertiary/aromatic N) is 2. The zero-order valence-electron chi connectivity index (χ0n) is 14.4. The fourth-order valence-corrected chi connectivity index (χ4v) is 2.03. The summed E-state index contributed by atoms with van der Waals surface area (Å²) in [5.74, 6) is -1.39. The van der Waals surface area contributed by atoms with Crippen LogP contribution in [-0.4, -0.2) is 47.5 Å². The Labute approximate surface area is 141 Å². The maximum absolute atomic E-state index is 12.0. The first-order valence-electron chi connectivity index (χ1n) is 8.11. The highest BCUT2D eigenvalue weighted by atomic mass is 16.5. The topological polar surface area (TPSA) is 96.7 Å². The summed E-state index contributed by atoms with van der Waals surface area (Å²) in [5, 5.41) is 4.11. The summed E-state index contributed by atoms with van der Waals surface area (Å²) in [5.41, 5.74) is 0.251. The first-order chi connectivity index (χ1) is 11.5. The molecule has 0 saturated heterocycles. The van der Waals surface area contributed by atoms with Crippen LogP contribution in [0.25, 0.3) is 0 Å². The van der Waals surface area contributed by atoms with Gasteiger partial charge in [0, 0.05) is 19.0 Å². The molecule has 134 valence electrons. The predicted octanol–water partition coefficient (Wildman–Crippen LogP) is 1.97. The summed E-state index contributed by atoms with van der Waals surface area (Å²) in [4.78, 5) is 35.0. The van der Waals surface area contributed by atoms with Crippen molar-refractivity contribution in [2.45, 2.75) is 46.6 Å². The molecule has 0 N–H and O–H groups in total. The number of esters is 3. The van der Waals surface area contributed by atoms with Crippen LogP contribution in [0.15, 0.2) is 6.07 Å². The highest BCUT2D eigenvalue weighted by molar-refractivity contribution is 5.93. The summed E-state index contributed by atoms with van der Waals surface area (Å²) in [7, 11) is 0. The van der Waals surface area contributed by atoms with Crippen LogP contribution in [0.1, 0.15) is 61.0 Å². The van der Waals surface area contributed by atoms with Gasteiger partial charge in [0.15, 0.2) is 5.69 Å². The maximum atomic E-state index is 12.0. The molecule has 1 aromatic heterocycles. The van der Waals surface area contributed by atoms with Gasteiger partial charge >= 0.3 is 17.9 Å². The van der Waals surface area contributed by atoms with Gasteiger partial charge in [-0.25, -0.2) is 9.59 Å². The number of aryl methyl sites for hydroxylation is 1. The largest absolute Gasteiger partial charge is 0.466 e. The molecule has 0 spiro atoms. The second-order valence-corrected chi connectivity index (χ2v) is 4.84. The van der Waals surface area contributed by atoms with Crippen molar-refractivity contribution >= 4 is 17.9 Å². The molecule has 8 heteroatoms. The maximum Gasteiger partial charge on any atom is 0.358 e. The van der Waals surface area contributed by atoms with E-state index in [0.29, 0.717) is 32.4 Å². The van der Waals surface area contributed by atoms with Crippen molar-refractivity contribution in [3.8, 4) is 0 Å². The number of carbonyl (C=O) groups excluding carboxylic acids is 3. The number of unbranched alkanes of at least 4 members (excludes halogenated alkanes) is 1. The van der Waals surface area contributed by atoms with E-state index in [9.17, 15) is 14.4 Å². The highest BCUT2D eigenvalue weighted by Gasteiger charge is 2.20. The number of carbonyl (C=O) groups is 3. The SMILES string of the molecule is CCOC(=O)CCCCn1nc(C(=O)OCC)cc1C(=O)OCC. The Kier molecular flexibility index (Phi) is 8.53. The lowest BCUT2D eigenvalue weighted by atomic mass is 10.2. The van der Waals surface area contributed by atoms with Crippen LogP contribution >= 0.6 is 0 Å². The number of hydrogen-bond donors (Lipinski definition) is 0. The second-order valence-electron chi connectivity index (χ2n) is 4.84. The second kappa shape index (κ2) is 10.4. The molecule has 0 aliphatic heterocycles. The van der Waals surface area contributed by atoms with Crippen LogP contribution < -0.4 is 0 Å². The molecule has 0 fully saturated rings. The minimum absolute atomic E-state index is 0.0605. The summed E-state index contributed by atoms with van der Waals surface area (Å²) < 4.78 is 16.1. The van der Waals surface area contributed by atoms with E-state index >= 15 is 0 Å². The molecule has 0 aliphatic carbocycles. The van der Waals surface area contributed by atoms with Crippen molar-refractivity contribution in [2.24, 2.45) is 0 Å². The minimum atomic E-state index is -0.590. The first kappa shape index (κ1) is 19.7. The van der Waals surface area contributed by atoms with Crippen LogP contribution in [0.3, 0.4) is 0 Å². The number of ether oxygens (including phenoxy) is 3. The Morgan fingerprint density at radius 3 is 2.21 bits per heavy atom. The highest BCUT2D eigenvalue weighted by Crippen LogP contribution is 2.10. The Hall–Kier alpha value is -2.38. The van der Waals surface area contributed by atoms with Crippen LogP contribution in [-0.2, 0) is 25.5 Å². The van der Waals surface area contributed by atoms with Crippen LogP contribution in [0, 0.1) is 0 Å². The Morgan fingerprint density at radius 1 is 0.958 bits per heavy atom.